The molecule has 0 atom stereocenters. The van der Waals surface area contributed by atoms with Crippen molar-refractivity contribution in [1.82, 2.24) is 14.8 Å². The van der Waals surface area contributed by atoms with Gasteiger partial charge in [-0.3, -0.25) is 9.69 Å². The summed E-state index contributed by atoms with van der Waals surface area (Å²) in [6.07, 6.45) is 1.66. The summed E-state index contributed by atoms with van der Waals surface area (Å²) in [5, 5.41) is 2.69. The second kappa shape index (κ2) is 7.80. The Bertz CT molecular complexity index is 1180. The molecule has 0 saturated carbocycles. The van der Waals surface area contributed by atoms with Crippen molar-refractivity contribution in [2.24, 2.45) is 0 Å². The largest absolute Gasteiger partial charge is 0.329 e. The van der Waals surface area contributed by atoms with E-state index < -0.39 is 11.8 Å². The van der Waals surface area contributed by atoms with Crippen LogP contribution < -0.4 is 5.32 Å². The molecule has 1 aromatic heterocycles. The minimum atomic E-state index is -0.483. The number of amides is 3. The zero-order valence-corrected chi connectivity index (χ0v) is 17.2. The minimum absolute atomic E-state index is 0.0368. The van der Waals surface area contributed by atoms with Crippen molar-refractivity contribution >= 4 is 29.6 Å². The summed E-state index contributed by atoms with van der Waals surface area (Å²) in [5.41, 5.74) is 4.31. The maximum Gasteiger partial charge on any atom is 0.329 e. The van der Waals surface area contributed by atoms with Gasteiger partial charge in [-0.05, 0) is 55.3 Å². The molecule has 0 bridgehead atoms. The second-order valence-corrected chi connectivity index (χ2v) is 7.53. The summed E-state index contributed by atoms with van der Waals surface area (Å²) in [5.74, 6) is -0.860. The number of urea groups is 1. The first kappa shape index (κ1) is 19.9. The molecule has 5 nitrogen and oxygen atoms in total. The zero-order valence-electron chi connectivity index (χ0n) is 16.4. The summed E-state index contributed by atoms with van der Waals surface area (Å²) >= 11 is 5.93. The molecule has 30 heavy (non-hydrogen) atoms. The number of hydrogen-bond donors (Lipinski definition) is 1. The molecule has 1 saturated heterocycles. The molecule has 4 rings (SSSR count). The Morgan fingerprint density at radius 2 is 1.80 bits per heavy atom. The molecular weight excluding hydrogens is 405 g/mol. The van der Waals surface area contributed by atoms with Gasteiger partial charge >= 0.3 is 6.03 Å². The van der Waals surface area contributed by atoms with Crippen molar-refractivity contribution in [2.45, 2.75) is 20.4 Å². The molecular formula is C23H19ClFN3O2. The van der Waals surface area contributed by atoms with Crippen LogP contribution in [0.25, 0.3) is 11.8 Å². The van der Waals surface area contributed by atoms with Gasteiger partial charge in [0, 0.05) is 17.1 Å². The Kier molecular flexibility index (Phi) is 5.18. The van der Waals surface area contributed by atoms with Crippen LogP contribution in [0.4, 0.5) is 9.18 Å². The molecule has 1 N–H and O–H groups in total. The highest BCUT2D eigenvalue weighted by Crippen LogP contribution is 2.26. The van der Waals surface area contributed by atoms with E-state index in [1.165, 1.54) is 11.0 Å². The molecule has 2 aromatic carbocycles. The van der Waals surface area contributed by atoms with Crippen LogP contribution in [0.1, 0.15) is 22.5 Å². The van der Waals surface area contributed by atoms with Gasteiger partial charge in [0.2, 0.25) is 0 Å². The van der Waals surface area contributed by atoms with Crippen LogP contribution in [0.5, 0.6) is 0 Å². The topological polar surface area (TPSA) is 54.3 Å². The predicted molar refractivity (Wildman–Crippen MR) is 114 cm³/mol. The van der Waals surface area contributed by atoms with E-state index in [4.69, 9.17) is 11.6 Å². The van der Waals surface area contributed by atoms with Crippen LogP contribution >= 0.6 is 11.6 Å². The van der Waals surface area contributed by atoms with Gasteiger partial charge in [-0.1, -0.05) is 41.9 Å². The van der Waals surface area contributed by atoms with E-state index >= 15 is 0 Å². The first-order valence-corrected chi connectivity index (χ1v) is 9.76. The Morgan fingerprint density at radius 3 is 2.50 bits per heavy atom. The smallest absolute Gasteiger partial charge is 0.318 e. The van der Waals surface area contributed by atoms with E-state index in [-0.39, 0.29) is 23.2 Å². The lowest BCUT2D eigenvalue weighted by Gasteiger charge is -2.11. The third-order valence-electron chi connectivity index (χ3n) is 5.08. The first-order chi connectivity index (χ1) is 14.3. The third kappa shape index (κ3) is 3.62. The number of nitrogens with one attached hydrogen (secondary N) is 1. The van der Waals surface area contributed by atoms with E-state index in [1.807, 2.05) is 54.8 Å². The Hall–Kier alpha value is -3.38. The van der Waals surface area contributed by atoms with Crippen molar-refractivity contribution in [3.63, 3.8) is 0 Å². The number of hydrogen-bond acceptors (Lipinski definition) is 2. The molecule has 1 fully saturated rings. The van der Waals surface area contributed by atoms with Gasteiger partial charge in [0.05, 0.1) is 11.6 Å². The van der Waals surface area contributed by atoms with E-state index in [1.54, 1.807) is 18.2 Å². The minimum Gasteiger partial charge on any atom is -0.318 e. The fourth-order valence-electron chi connectivity index (χ4n) is 3.59. The molecule has 0 spiro atoms. The summed E-state index contributed by atoms with van der Waals surface area (Å²) < 4.78 is 15.4. The van der Waals surface area contributed by atoms with Crippen molar-refractivity contribution in [3.05, 3.63) is 93.6 Å². The van der Waals surface area contributed by atoms with Gasteiger partial charge in [0.25, 0.3) is 5.91 Å². The average molecular weight is 424 g/mol. The molecule has 0 aliphatic carbocycles. The van der Waals surface area contributed by atoms with Crippen molar-refractivity contribution < 1.29 is 14.0 Å². The molecule has 3 amide bonds. The molecule has 0 radical (unpaired) electrons. The number of aryl methyl sites for hydroxylation is 1. The van der Waals surface area contributed by atoms with E-state index in [2.05, 4.69) is 5.32 Å². The van der Waals surface area contributed by atoms with Crippen LogP contribution in [0.3, 0.4) is 0 Å². The lowest BCUT2D eigenvalue weighted by atomic mass is 10.2. The molecule has 1 aliphatic heterocycles. The van der Waals surface area contributed by atoms with Gasteiger partial charge in [-0.25, -0.2) is 9.18 Å². The maximum absolute atomic E-state index is 13.5. The van der Waals surface area contributed by atoms with Crippen LogP contribution in [-0.2, 0) is 11.3 Å². The standard InChI is InChI=1S/C23H19ClFN3O2/c1-14-10-17(15(2)28(14)18-8-9-20(25)19(24)12-18)11-21-22(29)27(23(30)26-21)13-16-6-4-3-5-7-16/h3-12H,13H2,1-2H3,(H,26,30)/b21-11+. The summed E-state index contributed by atoms with van der Waals surface area (Å²) in [7, 11) is 0. The Balaban J connectivity index is 1.64. The number of carbonyl (C=O) groups is 2. The number of carbonyl (C=O) groups excluding carboxylic acids is 2. The average Bonchev–Trinajstić information content (AvgIpc) is 3.15. The van der Waals surface area contributed by atoms with Gasteiger partial charge in [0.15, 0.2) is 0 Å². The summed E-state index contributed by atoms with van der Waals surface area (Å²) in [6, 6.07) is 15.3. The summed E-state index contributed by atoms with van der Waals surface area (Å²) in [6.45, 7) is 4.00. The Labute approximate surface area is 178 Å². The lowest BCUT2D eigenvalue weighted by molar-refractivity contribution is -0.123. The molecule has 0 unspecified atom stereocenters. The third-order valence-corrected chi connectivity index (χ3v) is 5.37. The van der Waals surface area contributed by atoms with Crippen LogP contribution in [0.15, 0.2) is 60.3 Å². The number of benzene rings is 2. The van der Waals surface area contributed by atoms with Crippen LogP contribution in [-0.4, -0.2) is 21.4 Å². The second-order valence-electron chi connectivity index (χ2n) is 7.13. The highest BCUT2D eigenvalue weighted by Gasteiger charge is 2.33. The van der Waals surface area contributed by atoms with Gasteiger partial charge < -0.3 is 9.88 Å². The van der Waals surface area contributed by atoms with Crippen molar-refractivity contribution in [2.75, 3.05) is 0 Å². The number of rotatable bonds is 4. The molecule has 1 aliphatic rings. The van der Waals surface area contributed by atoms with Crippen LogP contribution in [0, 0.1) is 19.7 Å². The van der Waals surface area contributed by atoms with E-state index in [9.17, 15) is 14.0 Å². The lowest BCUT2D eigenvalue weighted by Crippen LogP contribution is -2.30. The fourth-order valence-corrected chi connectivity index (χ4v) is 3.77. The number of imide groups is 1. The maximum atomic E-state index is 13.5. The number of halogens is 2. The molecule has 3 aromatic rings. The molecule has 2 heterocycles. The normalized spacial score (nSPS) is 15.2. The fraction of sp³-hybridized carbons (Fsp3) is 0.130. The predicted octanol–water partition coefficient (Wildman–Crippen LogP) is 4.98. The highest BCUT2D eigenvalue weighted by molar-refractivity contribution is 6.30. The van der Waals surface area contributed by atoms with Crippen LogP contribution in [0.2, 0.25) is 5.02 Å². The van der Waals surface area contributed by atoms with Crippen molar-refractivity contribution in [1.29, 1.82) is 0 Å². The summed E-state index contributed by atoms with van der Waals surface area (Å²) in [4.78, 5) is 26.3. The van der Waals surface area contributed by atoms with Gasteiger partial charge in [-0.15, -0.1) is 0 Å². The molecule has 7 heteroatoms. The Morgan fingerprint density at radius 1 is 1.07 bits per heavy atom. The van der Waals surface area contributed by atoms with Gasteiger partial charge in [-0.2, -0.15) is 0 Å². The number of nitrogens with zero attached hydrogens (tertiary/aromatic N) is 2. The zero-order chi connectivity index (χ0) is 21.4. The number of aromatic nitrogens is 1. The van der Waals surface area contributed by atoms with Gasteiger partial charge in [0.1, 0.15) is 11.5 Å². The van der Waals surface area contributed by atoms with E-state index in [0.29, 0.717) is 5.69 Å². The SMILES string of the molecule is Cc1cc(/C=C2/NC(=O)N(Cc3ccccc3)C2=O)c(C)n1-c1ccc(F)c(Cl)c1. The monoisotopic (exact) mass is 423 g/mol. The first-order valence-electron chi connectivity index (χ1n) is 9.38. The molecule has 152 valence electrons. The van der Waals surface area contributed by atoms with Crippen molar-refractivity contribution in [3.8, 4) is 5.69 Å². The highest BCUT2D eigenvalue weighted by atomic mass is 35.5. The quantitative estimate of drug-likeness (QED) is 0.475. The van der Waals surface area contributed by atoms with E-state index in [0.717, 1.165) is 22.5 Å².